The molecule has 0 heterocycles. The average Bonchev–Trinajstić information content (AvgIpc) is 1.99. The van der Waals surface area contributed by atoms with E-state index in [1.54, 1.807) is 0 Å². The zero-order valence-electron chi connectivity index (χ0n) is 9.60. The van der Waals surface area contributed by atoms with Gasteiger partial charge in [-0.25, -0.2) is 0 Å². The molecule has 1 rings (SSSR count). The molecule has 0 spiro atoms. The van der Waals surface area contributed by atoms with Gasteiger partial charge in [-0.1, -0.05) is 27.2 Å². The molecule has 4 nitrogen and oxygen atoms in total. The molecular weight excluding hydrogens is 214 g/mol. The van der Waals surface area contributed by atoms with Crippen LogP contribution >= 0.6 is 0 Å². The van der Waals surface area contributed by atoms with Crippen LogP contribution in [0.1, 0.15) is 40.0 Å². The first-order chi connectivity index (χ1) is 6.79. The summed E-state index contributed by atoms with van der Waals surface area (Å²) >= 11 is 0. The van der Waals surface area contributed by atoms with Gasteiger partial charge in [0.1, 0.15) is 0 Å². The standard InChI is InChI=1S/C10H21NO3S/c1-7(2)9-5-4-8(3)6-10(9)11-15(12,13)14/h7-11H,4-6H2,1-3H3,(H,12,13,14)/t8-,9+,10?/m1/s1. The summed E-state index contributed by atoms with van der Waals surface area (Å²) < 4.78 is 32.8. The van der Waals surface area contributed by atoms with Crippen LogP contribution in [0, 0.1) is 17.8 Å². The van der Waals surface area contributed by atoms with Gasteiger partial charge in [-0.2, -0.15) is 13.1 Å². The molecule has 1 aliphatic rings. The van der Waals surface area contributed by atoms with Crippen LogP contribution in [0.15, 0.2) is 0 Å². The van der Waals surface area contributed by atoms with Crippen molar-refractivity contribution in [1.82, 2.24) is 4.72 Å². The van der Waals surface area contributed by atoms with Gasteiger partial charge in [-0.05, 0) is 30.6 Å². The molecule has 1 fully saturated rings. The fourth-order valence-corrected chi connectivity index (χ4v) is 3.18. The summed E-state index contributed by atoms with van der Waals surface area (Å²) in [5, 5.41) is 0. The molecule has 0 aliphatic heterocycles. The third kappa shape index (κ3) is 4.09. The van der Waals surface area contributed by atoms with E-state index in [0.717, 1.165) is 19.3 Å². The molecule has 0 aromatic carbocycles. The summed E-state index contributed by atoms with van der Waals surface area (Å²) in [4.78, 5) is 0. The Hall–Kier alpha value is -0.130. The van der Waals surface area contributed by atoms with E-state index in [9.17, 15) is 8.42 Å². The molecule has 0 aromatic rings. The SMILES string of the molecule is CC(C)[C@@H]1CC[C@@H](C)CC1NS(=O)(=O)O. The first-order valence-electron chi connectivity index (χ1n) is 5.54. The molecular formula is C10H21NO3S. The minimum Gasteiger partial charge on any atom is -0.273 e. The van der Waals surface area contributed by atoms with Gasteiger partial charge in [0.25, 0.3) is 0 Å². The van der Waals surface area contributed by atoms with Gasteiger partial charge in [0.15, 0.2) is 0 Å². The molecule has 0 saturated heterocycles. The van der Waals surface area contributed by atoms with E-state index >= 15 is 0 Å². The molecule has 0 radical (unpaired) electrons. The predicted octanol–water partition coefficient (Wildman–Crippen LogP) is 1.84. The molecule has 5 heteroatoms. The highest BCUT2D eigenvalue weighted by Gasteiger charge is 2.32. The van der Waals surface area contributed by atoms with E-state index < -0.39 is 10.3 Å². The topological polar surface area (TPSA) is 66.4 Å². The smallest absolute Gasteiger partial charge is 0.273 e. The van der Waals surface area contributed by atoms with Crippen LogP contribution in [-0.4, -0.2) is 19.0 Å². The maximum absolute atomic E-state index is 10.8. The van der Waals surface area contributed by atoms with E-state index in [1.807, 2.05) is 0 Å². The molecule has 1 aliphatic carbocycles. The lowest BCUT2D eigenvalue weighted by molar-refractivity contribution is 0.185. The van der Waals surface area contributed by atoms with Crippen LogP contribution in [0.2, 0.25) is 0 Å². The number of hydrogen-bond donors (Lipinski definition) is 2. The predicted molar refractivity (Wildman–Crippen MR) is 59.8 cm³/mol. The number of rotatable bonds is 3. The van der Waals surface area contributed by atoms with Gasteiger partial charge in [0, 0.05) is 6.04 Å². The van der Waals surface area contributed by atoms with Crippen LogP contribution in [0.3, 0.4) is 0 Å². The zero-order chi connectivity index (χ0) is 11.6. The Kier molecular flexibility index (Phi) is 4.14. The summed E-state index contributed by atoms with van der Waals surface area (Å²) in [7, 11) is -4.06. The molecule has 1 unspecified atom stereocenters. The zero-order valence-corrected chi connectivity index (χ0v) is 10.4. The highest BCUT2D eigenvalue weighted by Crippen LogP contribution is 2.33. The third-order valence-electron chi connectivity index (χ3n) is 3.32. The van der Waals surface area contributed by atoms with Crippen molar-refractivity contribution in [2.24, 2.45) is 17.8 Å². The van der Waals surface area contributed by atoms with Crippen LogP contribution in [0.5, 0.6) is 0 Å². The monoisotopic (exact) mass is 235 g/mol. The van der Waals surface area contributed by atoms with Crippen molar-refractivity contribution in [2.75, 3.05) is 0 Å². The lowest BCUT2D eigenvalue weighted by atomic mass is 9.74. The summed E-state index contributed by atoms with van der Waals surface area (Å²) in [6, 6.07) is -0.108. The van der Waals surface area contributed by atoms with Crippen molar-refractivity contribution in [2.45, 2.75) is 46.1 Å². The quantitative estimate of drug-likeness (QED) is 0.733. The Morgan fingerprint density at radius 3 is 2.40 bits per heavy atom. The lowest BCUT2D eigenvalue weighted by Crippen LogP contribution is -2.45. The van der Waals surface area contributed by atoms with Gasteiger partial charge >= 0.3 is 10.3 Å². The Morgan fingerprint density at radius 1 is 1.33 bits per heavy atom. The normalized spacial score (nSPS) is 33.3. The van der Waals surface area contributed by atoms with Crippen LogP contribution in [0.4, 0.5) is 0 Å². The van der Waals surface area contributed by atoms with Crippen molar-refractivity contribution < 1.29 is 13.0 Å². The summed E-state index contributed by atoms with van der Waals surface area (Å²) in [6.07, 6.45) is 3.00. The molecule has 2 N–H and O–H groups in total. The van der Waals surface area contributed by atoms with Crippen molar-refractivity contribution in [3.05, 3.63) is 0 Å². The van der Waals surface area contributed by atoms with Crippen molar-refractivity contribution in [3.63, 3.8) is 0 Å². The molecule has 15 heavy (non-hydrogen) atoms. The fourth-order valence-electron chi connectivity index (χ4n) is 2.53. The molecule has 0 aromatic heterocycles. The minimum atomic E-state index is -4.06. The molecule has 3 atom stereocenters. The second kappa shape index (κ2) is 4.80. The Bertz CT molecular complexity index is 300. The summed E-state index contributed by atoms with van der Waals surface area (Å²) in [5.41, 5.74) is 0. The van der Waals surface area contributed by atoms with E-state index in [2.05, 4.69) is 25.5 Å². The first-order valence-corrected chi connectivity index (χ1v) is 6.98. The van der Waals surface area contributed by atoms with Gasteiger partial charge in [0.2, 0.25) is 0 Å². The van der Waals surface area contributed by atoms with Crippen LogP contribution in [0.25, 0.3) is 0 Å². The highest BCUT2D eigenvalue weighted by molar-refractivity contribution is 7.83. The fraction of sp³-hybridized carbons (Fsp3) is 1.00. The second-order valence-corrected chi connectivity index (χ2v) is 6.21. The maximum Gasteiger partial charge on any atom is 0.333 e. The molecule has 1 saturated carbocycles. The van der Waals surface area contributed by atoms with Gasteiger partial charge in [-0.3, -0.25) is 4.55 Å². The Balaban J connectivity index is 2.70. The summed E-state index contributed by atoms with van der Waals surface area (Å²) in [6.45, 7) is 6.31. The molecule has 0 bridgehead atoms. The van der Waals surface area contributed by atoms with E-state index in [4.69, 9.17) is 4.55 Å². The third-order valence-corrected chi connectivity index (χ3v) is 3.92. The average molecular weight is 235 g/mol. The van der Waals surface area contributed by atoms with Crippen molar-refractivity contribution in [1.29, 1.82) is 0 Å². The van der Waals surface area contributed by atoms with Crippen LogP contribution in [-0.2, 0) is 10.3 Å². The molecule has 90 valence electrons. The second-order valence-electron chi connectivity index (χ2n) is 5.03. The lowest BCUT2D eigenvalue weighted by Gasteiger charge is -2.36. The van der Waals surface area contributed by atoms with Gasteiger partial charge in [0.05, 0.1) is 0 Å². The van der Waals surface area contributed by atoms with Crippen molar-refractivity contribution >= 4 is 10.3 Å². The van der Waals surface area contributed by atoms with Crippen LogP contribution < -0.4 is 4.72 Å². The van der Waals surface area contributed by atoms with Crippen molar-refractivity contribution in [3.8, 4) is 0 Å². The highest BCUT2D eigenvalue weighted by atomic mass is 32.2. The van der Waals surface area contributed by atoms with E-state index in [-0.39, 0.29) is 6.04 Å². The Labute approximate surface area is 92.3 Å². The van der Waals surface area contributed by atoms with Gasteiger partial charge in [-0.15, -0.1) is 0 Å². The minimum absolute atomic E-state index is 0.108. The number of nitrogens with one attached hydrogen (secondary N) is 1. The Morgan fingerprint density at radius 2 is 1.93 bits per heavy atom. The maximum atomic E-state index is 10.8. The van der Waals surface area contributed by atoms with E-state index in [0.29, 0.717) is 17.8 Å². The molecule has 0 amide bonds. The number of hydrogen-bond acceptors (Lipinski definition) is 2. The first kappa shape index (κ1) is 12.9. The largest absolute Gasteiger partial charge is 0.333 e. The van der Waals surface area contributed by atoms with Gasteiger partial charge < -0.3 is 0 Å². The summed E-state index contributed by atoms with van der Waals surface area (Å²) in [5.74, 6) is 1.30. The van der Waals surface area contributed by atoms with E-state index in [1.165, 1.54) is 0 Å².